The molecule has 1 unspecified atom stereocenters. The SMILES string of the molecule is O=C(NCCCCC(NC(=O)c1ccccc1)C(=O)c1nc2ccccc2s1)OCc1ccccc1. The lowest BCUT2D eigenvalue weighted by atomic mass is 10.0. The van der Waals surface area contributed by atoms with Crippen molar-refractivity contribution in [1.82, 2.24) is 15.6 Å². The summed E-state index contributed by atoms with van der Waals surface area (Å²) in [5.74, 6) is -0.520. The molecule has 7 nitrogen and oxygen atoms in total. The van der Waals surface area contributed by atoms with Crippen molar-refractivity contribution in [1.29, 1.82) is 0 Å². The molecule has 36 heavy (non-hydrogen) atoms. The van der Waals surface area contributed by atoms with Gasteiger partial charge in [-0.15, -0.1) is 11.3 Å². The van der Waals surface area contributed by atoms with E-state index in [0.29, 0.717) is 36.4 Å². The van der Waals surface area contributed by atoms with Crippen LogP contribution < -0.4 is 10.6 Å². The molecule has 3 aromatic carbocycles. The van der Waals surface area contributed by atoms with Crippen LogP contribution in [0.5, 0.6) is 0 Å². The van der Waals surface area contributed by atoms with Crippen LogP contribution in [0.3, 0.4) is 0 Å². The minimum atomic E-state index is -0.719. The summed E-state index contributed by atoms with van der Waals surface area (Å²) >= 11 is 1.32. The number of aromatic nitrogens is 1. The molecular weight excluding hydrogens is 474 g/mol. The number of nitrogens with one attached hydrogen (secondary N) is 2. The highest BCUT2D eigenvalue weighted by Crippen LogP contribution is 2.23. The number of ether oxygens (including phenoxy) is 1. The number of para-hydroxylation sites is 1. The monoisotopic (exact) mass is 501 g/mol. The largest absolute Gasteiger partial charge is 0.445 e. The number of carbonyl (C=O) groups is 3. The molecule has 0 saturated carbocycles. The van der Waals surface area contributed by atoms with E-state index in [9.17, 15) is 14.4 Å². The Bertz CT molecular complexity index is 1280. The highest BCUT2D eigenvalue weighted by Gasteiger charge is 2.25. The molecule has 0 fully saturated rings. The van der Waals surface area contributed by atoms with Gasteiger partial charge in [-0.25, -0.2) is 9.78 Å². The zero-order valence-electron chi connectivity index (χ0n) is 19.7. The van der Waals surface area contributed by atoms with E-state index in [4.69, 9.17) is 4.74 Å². The summed E-state index contributed by atoms with van der Waals surface area (Å²) in [6.45, 7) is 0.610. The number of hydrogen-bond donors (Lipinski definition) is 2. The van der Waals surface area contributed by atoms with Crippen LogP contribution in [0.15, 0.2) is 84.9 Å². The van der Waals surface area contributed by atoms with Gasteiger partial charge in [0.25, 0.3) is 5.91 Å². The topological polar surface area (TPSA) is 97.4 Å². The maximum atomic E-state index is 13.3. The molecule has 0 radical (unpaired) electrons. The van der Waals surface area contributed by atoms with Crippen LogP contribution in [0.4, 0.5) is 4.79 Å². The molecular formula is C28H27N3O4S. The molecule has 0 bridgehead atoms. The molecule has 184 valence electrons. The molecule has 0 saturated heterocycles. The van der Waals surface area contributed by atoms with E-state index < -0.39 is 12.1 Å². The Morgan fingerprint density at radius 3 is 2.31 bits per heavy atom. The number of thiazole rings is 1. The summed E-state index contributed by atoms with van der Waals surface area (Å²) in [6, 6.07) is 25.1. The molecule has 1 aromatic heterocycles. The van der Waals surface area contributed by atoms with Crippen molar-refractivity contribution in [3.63, 3.8) is 0 Å². The van der Waals surface area contributed by atoms with E-state index in [-0.39, 0.29) is 18.3 Å². The van der Waals surface area contributed by atoms with Gasteiger partial charge in [0, 0.05) is 12.1 Å². The van der Waals surface area contributed by atoms with E-state index in [1.807, 2.05) is 60.7 Å². The Hall–Kier alpha value is -4.04. The number of carbonyl (C=O) groups excluding carboxylic acids is 3. The Balaban J connectivity index is 1.31. The number of rotatable bonds is 11. The normalized spacial score (nSPS) is 11.6. The summed E-state index contributed by atoms with van der Waals surface area (Å²) in [4.78, 5) is 42.5. The van der Waals surface area contributed by atoms with E-state index in [1.54, 1.807) is 24.3 Å². The fourth-order valence-electron chi connectivity index (χ4n) is 3.66. The Morgan fingerprint density at radius 1 is 0.861 bits per heavy atom. The number of unbranched alkanes of at least 4 members (excludes halogenated alkanes) is 1. The van der Waals surface area contributed by atoms with Crippen LogP contribution in [0, 0.1) is 0 Å². The molecule has 0 aliphatic rings. The summed E-state index contributed by atoms with van der Waals surface area (Å²) < 4.78 is 6.14. The van der Waals surface area contributed by atoms with Gasteiger partial charge in [0.05, 0.1) is 16.3 Å². The summed E-state index contributed by atoms with van der Waals surface area (Å²) in [6.07, 6.45) is 1.19. The maximum absolute atomic E-state index is 13.3. The number of Topliss-reactive ketones (excluding diaryl/α,β-unsaturated/α-hetero) is 1. The lowest BCUT2D eigenvalue weighted by Crippen LogP contribution is -2.41. The molecule has 8 heteroatoms. The minimum Gasteiger partial charge on any atom is -0.445 e. The van der Waals surface area contributed by atoms with Crippen molar-refractivity contribution in [2.75, 3.05) is 6.54 Å². The third-order valence-corrected chi connectivity index (χ3v) is 6.62. The molecule has 1 heterocycles. The lowest BCUT2D eigenvalue weighted by molar-refractivity contribution is 0.0851. The quantitative estimate of drug-likeness (QED) is 0.213. The van der Waals surface area contributed by atoms with Crippen LogP contribution >= 0.6 is 11.3 Å². The molecule has 4 aromatic rings. The van der Waals surface area contributed by atoms with Crippen LogP contribution in [0.1, 0.15) is 45.0 Å². The van der Waals surface area contributed by atoms with Gasteiger partial charge >= 0.3 is 6.09 Å². The highest BCUT2D eigenvalue weighted by atomic mass is 32.1. The number of benzene rings is 3. The number of fused-ring (bicyclic) bond motifs is 1. The number of ketones is 1. The van der Waals surface area contributed by atoms with Gasteiger partial charge < -0.3 is 15.4 Å². The van der Waals surface area contributed by atoms with Crippen molar-refractivity contribution < 1.29 is 19.1 Å². The standard InChI is InChI=1S/C28H27N3O4S/c32-25(27-31-22-15-7-8-17-24(22)36-27)23(30-26(33)21-13-5-2-6-14-21)16-9-10-18-29-28(34)35-19-20-11-3-1-4-12-20/h1-8,11-15,17,23H,9-10,16,18-19H2,(H,29,34)(H,30,33). The van der Waals surface area contributed by atoms with Crippen molar-refractivity contribution in [2.24, 2.45) is 0 Å². The first-order valence-corrected chi connectivity index (χ1v) is 12.6. The average Bonchev–Trinajstić information content (AvgIpc) is 3.36. The van der Waals surface area contributed by atoms with Gasteiger partial charge in [0.15, 0.2) is 5.01 Å². The number of hydrogen-bond acceptors (Lipinski definition) is 6. The number of amides is 2. The number of alkyl carbamates (subject to hydrolysis) is 1. The first kappa shape index (κ1) is 25.1. The summed E-state index contributed by atoms with van der Waals surface area (Å²) in [7, 11) is 0. The van der Waals surface area contributed by atoms with E-state index in [0.717, 1.165) is 15.8 Å². The van der Waals surface area contributed by atoms with Crippen molar-refractivity contribution in [3.05, 3.63) is 101 Å². The van der Waals surface area contributed by atoms with Gasteiger partial charge in [-0.3, -0.25) is 9.59 Å². The first-order chi connectivity index (χ1) is 17.6. The summed E-state index contributed by atoms with van der Waals surface area (Å²) in [5, 5.41) is 5.98. The van der Waals surface area contributed by atoms with Gasteiger partial charge in [0.2, 0.25) is 5.78 Å². The highest BCUT2D eigenvalue weighted by molar-refractivity contribution is 7.20. The second-order valence-corrected chi connectivity index (χ2v) is 9.26. The second kappa shape index (κ2) is 12.6. The van der Waals surface area contributed by atoms with E-state index in [2.05, 4.69) is 15.6 Å². The fraction of sp³-hybridized carbons (Fsp3) is 0.214. The van der Waals surface area contributed by atoms with Gasteiger partial charge in [-0.05, 0) is 49.1 Å². The predicted octanol–water partition coefficient (Wildman–Crippen LogP) is 5.37. The molecule has 0 aliphatic heterocycles. The molecule has 4 rings (SSSR count). The van der Waals surface area contributed by atoms with Crippen molar-refractivity contribution in [3.8, 4) is 0 Å². The zero-order valence-corrected chi connectivity index (χ0v) is 20.5. The maximum Gasteiger partial charge on any atom is 0.407 e. The fourth-order valence-corrected chi connectivity index (χ4v) is 4.62. The van der Waals surface area contributed by atoms with Crippen molar-refractivity contribution >= 4 is 39.3 Å². The first-order valence-electron chi connectivity index (χ1n) is 11.8. The smallest absolute Gasteiger partial charge is 0.407 e. The minimum absolute atomic E-state index is 0.205. The van der Waals surface area contributed by atoms with E-state index in [1.165, 1.54) is 11.3 Å². The van der Waals surface area contributed by atoms with Gasteiger partial charge in [-0.2, -0.15) is 0 Å². The molecule has 0 aliphatic carbocycles. The zero-order chi connectivity index (χ0) is 25.2. The summed E-state index contributed by atoms with van der Waals surface area (Å²) in [5.41, 5.74) is 2.16. The van der Waals surface area contributed by atoms with Gasteiger partial charge in [-0.1, -0.05) is 60.7 Å². The van der Waals surface area contributed by atoms with Crippen LogP contribution in [-0.4, -0.2) is 35.4 Å². The lowest BCUT2D eigenvalue weighted by Gasteiger charge is -2.17. The van der Waals surface area contributed by atoms with Crippen LogP contribution in [-0.2, 0) is 11.3 Å². The van der Waals surface area contributed by atoms with Crippen molar-refractivity contribution in [2.45, 2.75) is 31.9 Å². The average molecular weight is 502 g/mol. The third-order valence-electron chi connectivity index (χ3n) is 5.56. The predicted molar refractivity (Wildman–Crippen MR) is 140 cm³/mol. The molecule has 2 N–H and O–H groups in total. The van der Waals surface area contributed by atoms with Crippen LogP contribution in [0.25, 0.3) is 10.2 Å². The molecule has 1 atom stereocenters. The second-order valence-electron chi connectivity index (χ2n) is 8.23. The van der Waals surface area contributed by atoms with Crippen LogP contribution in [0.2, 0.25) is 0 Å². The Morgan fingerprint density at radius 2 is 1.56 bits per heavy atom. The van der Waals surface area contributed by atoms with E-state index >= 15 is 0 Å². The molecule has 0 spiro atoms. The van der Waals surface area contributed by atoms with Gasteiger partial charge in [0.1, 0.15) is 6.61 Å². The third kappa shape index (κ3) is 6.99. The number of nitrogens with zero attached hydrogens (tertiary/aromatic N) is 1. The Labute approximate surface area is 213 Å². The Kier molecular flexibility index (Phi) is 8.77. The molecule has 2 amide bonds.